The number of fused-ring (bicyclic) bond motifs is 1. The molecule has 5 nitrogen and oxygen atoms in total. The van der Waals surface area contributed by atoms with E-state index < -0.39 is 16.2 Å². The van der Waals surface area contributed by atoms with Gasteiger partial charge < -0.3 is 9.84 Å². The smallest absolute Gasteiger partial charge is 0.294 e. The summed E-state index contributed by atoms with van der Waals surface area (Å²) in [6.45, 7) is 1.81. The molecule has 6 heteroatoms. The maximum absolute atomic E-state index is 11.0. The van der Waals surface area contributed by atoms with E-state index in [0.29, 0.717) is 11.1 Å². The lowest BCUT2D eigenvalue weighted by molar-refractivity contribution is 0.123. The van der Waals surface area contributed by atoms with Crippen LogP contribution in [0.15, 0.2) is 41.3 Å². The third-order valence-electron chi connectivity index (χ3n) is 2.57. The molecule has 0 amide bonds. The number of aliphatic hydroxyl groups excluding tert-OH is 1. The Labute approximate surface area is 111 Å². The SMILES string of the molecule is CC(O)COc1ccc2cc(S(=O)(=O)O)ccc2c1. The highest BCUT2D eigenvalue weighted by Crippen LogP contribution is 2.23. The van der Waals surface area contributed by atoms with Crippen molar-refractivity contribution in [2.75, 3.05) is 6.61 Å². The van der Waals surface area contributed by atoms with Gasteiger partial charge in [0, 0.05) is 0 Å². The lowest BCUT2D eigenvalue weighted by Crippen LogP contribution is -2.12. The highest BCUT2D eigenvalue weighted by atomic mass is 32.2. The van der Waals surface area contributed by atoms with E-state index in [-0.39, 0.29) is 11.5 Å². The van der Waals surface area contributed by atoms with Gasteiger partial charge in [0.1, 0.15) is 12.4 Å². The lowest BCUT2D eigenvalue weighted by Gasteiger charge is -2.09. The van der Waals surface area contributed by atoms with Gasteiger partial charge in [0.2, 0.25) is 0 Å². The third kappa shape index (κ3) is 3.44. The molecule has 0 radical (unpaired) electrons. The summed E-state index contributed by atoms with van der Waals surface area (Å²) in [5.41, 5.74) is 0. The first kappa shape index (κ1) is 13.8. The summed E-state index contributed by atoms with van der Waals surface area (Å²) >= 11 is 0. The maximum atomic E-state index is 11.0. The number of benzene rings is 2. The van der Waals surface area contributed by atoms with Crippen molar-refractivity contribution in [3.05, 3.63) is 36.4 Å². The van der Waals surface area contributed by atoms with E-state index >= 15 is 0 Å². The number of ether oxygens (including phenoxy) is 1. The lowest BCUT2D eigenvalue weighted by atomic mass is 10.1. The third-order valence-corrected chi connectivity index (χ3v) is 3.42. The highest BCUT2D eigenvalue weighted by molar-refractivity contribution is 7.85. The molecule has 0 fully saturated rings. The molecule has 0 heterocycles. The second-order valence-corrected chi connectivity index (χ2v) is 5.73. The summed E-state index contributed by atoms with van der Waals surface area (Å²) in [5, 5.41) is 10.6. The molecule has 2 aromatic carbocycles. The molecule has 1 atom stereocenters. The van der Waals surface area contributed by atoms with Gasteiger partial charge in [-0.05, 0) is 42.0 Å². The Morgan fingerprint density at radius 2 is 1.79 bits per heavy atom. The van der Waals surface area contributed by atoms with Gasteiger partial charge in [-0.1, -0.05) is 12.1 Å². The molecule has 0 spiro atoms. The van der Waals surface area contributed by atoms with E-state index in [0.717, 1.165) is 5.39 Å². The predicted molar refractivity (Wildman–Crippen MR) is 70.9 cm³/mol. The molecule has 19 heavy (non-hydrogen) atoms. The second kappa shape index (κ2) is 5.16. The van der Waals surface area contributed by atoms with E-state index in [9.17, 15) is 8.42 Å². The minimum Gasteiger partial charge on any atom is -0.491 e. The Bertz CT molecular complexity index is 691. The van der Waals surface area contributed by atoms with Crippen LogP contribution in [0.3, 0.4) is 0 Å². The first-order valence-corrected chi connectivity index (χ1v) is 7.12. The molecule has 102 valence electrons. The quantitative estimate of drug-likeness (QED) is 0.836. The average molecular weight is 282 g/mol. The summed E-state index contributed by atoms with van der Waals surface area (Å²) in [6, 6.07) is 9.43. The minimum atomic E-state index is -4.19. The number of rotatable bonds is 4. The number of aliphatic hydroxyl groups is 1. The summed E-state index contributed by atoms with van der Waals surface area (Å²) < 4.78 is 36.4. The molecular weight excluding hydrogens is 268 g/mol. The molecule has 0 saturated carbocycles. The van der Waals surface area contributed by atoms with Crippen molar-refractivity contribution < 1.29 is 22.8 Å². The van der Waals surface area contributed by atoms with Crippen molar-refractivity contribution >= 4 is 20.9 Å². The van der Waals surface area contributed by atoms with Crippen LogP contribution in [0.25, 0.3) is 10.8 Å². The standard InChI is InChI=1S/C13H14O5S/c1-9(14)8-18-12-4-2-11-7-13(19(15,16)17)5-3-10(11)6-12/h2-7,9,14H,8H2,1H3,(H,15,16,17). The van der Waals surface area contributed by atoms with Gasteiger partial charge in [0.25, 0.3) is 10.1 Å². The van der Waals surface area contributed by atoms with Gasteiger partial charge in [0.15, 0.2) is 0 Å². The van der Waals surface area contributed by atoms with Crippen molar-refractivity contribution in [3.8, 4) is 5.75 Å². The fraction of sp³-hybridized carbons (Fsp3) is 0.231. The van der Waals surface area contributed by atoms with Crippen LogP contribution >= 0.6 is 0 Å². The van der Waals surface area contributed by atoms with Crippen LogP contribution in [-0.4, -0.2) is 30.8 Å². The molecule has 2 N–H and O–H groups in total. The van der Waals surface area contributed by atoms with Gasteiger partial charge in [-0.25, -0.2) is 0 Å². The molecule has 2 aromatic rings. The average Bonchev–Trinajstić information content (AvgIpc) is 2.34. The van der Waals surface area contributed by atoms with Crippen LogP contribution in [0, 0.1) is 0 Å². The molecule has 0 saturated heterocycles. The maximum Gasteiger partial charge on any atom is 0.294 e. The predicted octanol–water partition coefficient (Wildman–Crippen LogP) is 1.85. The van der Waals surface area contributed by atoms with Crippen molar-refractivity contribution in [2.24, 2.45) is 0 Å². The van der Waals surface area contributed by atoms with Crippen molar-refractivity contribution in [1.82, 2.24) is 0 Å². The second-order valence-electron chi connectivity index (χ2n) is 4.31. The molecule has 0 aliphatic rings. The van der Waals surface area contributed by atoms with Crippen LogP contribution in [0.1, 0.15) is 6.92 Å². The summed E-state index contributed by atoms with van der Waals surface area (Å²) in [4.78, 5) is -0.141. The Morgan fingerprint density at radius 3 is 2.42 bits per heavy atom. The van der Waals surface area contributed by atoms with Crippen LogP contribution in [0.5, 0.6) is 5.75 Å². The van der Waals surface area contributed by atoms with E-state index in [1.54, 1.807) is 31.2 Å². The Hall–Kier alpha value is -1.63. The first-order valence-electron chi connectivity index (χ1n) is 5.68. The van der Waals surface area contributed by atoms with E-state index in [1.165, 1.54) is 12.1 Å². The molecule has 1 unspecified atom stereocenters. The monoisotopic (exact) mass is 282 g/mol. The van der Waals surface area contributed by atoms with E-state index in [4.69, 9.17) is 14.4 Å². The first-order chi connectivity index (χ1) is 8.86. The van der Waals surface area contributed by atoms with Gasteiger partial charge in [0.05, 0.1) is 11.0 Å². The molecule has 0 aromatic heterocycles. The van der Waals surface area contributed by atoms with E-state index in [1.807, 2.05) is 0 Å². The zero-order valence-electron chi connectivity index (χ0n) is 10.3. The Kier molecular flexibility index (Phi) is 3.75. The highest BCUT2D eigenvalue weighted by Gasteiger charge is 2.10. The van der Waals surface area contributed by atoms with Crippen LogP contribution in [0.4, 0.5) is 0 Å². The Morgan fingerprint density at radius 1 is 1.16 bits per heavy atom. The fourth-order valence-electron chi connectivity index (χ4n) is 1.67. The molecule has 0 aliphatic carbocycles. The summed E-state index contributed by atoms with van der Waals surface area (Å²) in [6.07, 6.45) is -0.558. The van der Waals surface area contributed by atoms with Crippen molar-refractivity contribution in [1.29, 1.82) is 0 Å². The fourth-order valence-corrected chi connectivity index (χ4v) is 2.18. The minimum absolute atomic E-state index is 0.141. The zero-order valence-corrected chi connectivity index (χ0v) is 11.1. The summed E-state index contributed by atoms with van der Waals surface area (Å²) in [5.74, 6) is 0.591. The molecule has 0 aliphatic heterocycles. The zero-order chi connectivity index (χ0) is 14.0. The Balaban J connectivity index is 2.35. The normalized spacial score (nSPS) is 13.4. The van der Waals surface area contributed by atoms with Crippen LogP contribution in [0.2, 0.25) is 0 Å². The van der Waals surface area contributed by atoms with Crippen LogP contribution < -0.4 is 4.74 Å². The van der Waals surface area contributed by atoms with Gasteiger partial charge >= 0.3 is 0 Å². The molecule has 0 bridgehead atoms. The molecular formula is C13H14O5S. The molecule has 2 rings (SSSR count). The van der Waals surface area contributed by atoms with E-state index in [2.05, 4.69) is 0 Å². The van der Waals surface area contributed by atoms with Gasteiger partial charge in [-0.15, -0.1) is 0 Å². The van der Waals surface area contributed by atoms with Crippen molar-refractivity contribution in [3.63, 3.8) is 0 Å². The largest absolute Gasteiger partial charge is 0.491 e. The summed E-state index contributed by atoms with van der Waals surface area (Å²) in [7, 11) is -4.19. The topological polar surface area (TPSA) is 83.8 Å². The van der Waals surface area contributed by atoms with Gasteiger partial charge in [-0.2, -0.15) is 8.42 Å². The number of hydrogen-bond donors (Lipinski definition) is 2. The van der Waals surface area contributed by atoms with Crippen LogP contribution in [-0.2, 0) is 10.1 Å². The van der Waals surface area contributed by atoms with Crippen molar-refractivity contribution in [2.45, 2.75) is 17.9 Å². The van der Waals surface area contributed by atoms with Gasteiger partial charge in [-0.3, -0.25) is 4.55 Å². The number of hydrogen-bond acceptors (Lipinski definition) is 4.